The first-order chi connectivity index (χ1) is 12.0. The van der Waals surface area contributed by atoms with Gasteiger partial charge in [-0.25, -0.2) is 4.79 Å². The second-order valence-corrected chi connectivity index (χ2v) is 6.03. The highest BCUT2D eigenvalue weighted by atomic mass is 32.1. The largest absolute Gasteiger partial charge is 0.453 e. The molecule has 0 fully saturated rings. The minimum absolute atomic E-state index is 0.0691. The summed E-state index contributed by atoms with van der Waals surface area (Å²) in [5.41, 5.74) is 1.59. The summed E-state index contributed by atoms with van der Waals surface area (Å²) in [7, 11) is 0. The number of ether oxygens (including phenoxy) is 1. The molecule has 0 saturated heterocycles. The Morgan fingerprint density at radius 1 is 1.16 bits per heavy atom. The van der Waals surface area contributed by atoms with Gasteiger partial charge in [-0.05, 0) is 48.6 Å². The molecule has 2 aromatic rings. The zero-order chi connectivity index (χ0) is 18.2. The van der Waals surface area contributed by atoms with Crippen molar-refractivity contribution in [3.63, 3.8) is 0 Å². The number of Topliss-reactive ketones (excluding diaryl/α,β-unsaturated/α-hetero) is 1. The summed E-state index contributed by atoms with van der Waals surface area (Å²) < 4.78 is 8.76. The molecule has 0 unspecified atom stereocenters. The predicted octanol–water partition coefficient (Wildman–Crippen LogP) is 2.88. The van der Waals surface area contributed by atoms with Crippen molar-refractivity contribution >= 4 is 34.9 Å². The summed E-state index contributed by atoms with van der Waals surface area (Å²) in [5.74, 6) is -0.987. The molecule has 0 atom stereocenters. The molecule has 0 aliphatic heterocycles. The number of ketones is 1. The lowest BCUT2D eigenvalue weighted by Gasteiger charge is -2.06. The summed E-state index contributed by atoms with van der Waals surface area (Å²) in [6, 6.07) is 6.46. The third-order valence-corrected chi connectivity index (χ3v) is 4.13. The fourth-order valence-electron chi connectivity index (χ4n) is 2.06. The third-order valence-electron chi connectivity index (χ3n) is 3.38. The van der Waals surface area contributed by atoms with Crippen LogP contribution in [0.3, 0.4) is 0 Å². The maximum Gasteiger partial charge on any atom is 0.352 e. The lowest BCUT2D eigenvalue weighted by Crippen LogP contribution is -2.15. The Balaban J connectivity index is 1.90. The molecule has 1 N–H and O–H groups in total. The normalized spacial score (nSPS) is 10.3. The van der Waals surface area contributed by atoms with Crippen molar-refractivity contribution in [2.75, 3.05) is 11.9 Å². The fraction of sp³-hybridized carbons (Fsp3) is 0.353. The van der Waals surface area contributed by atoms with Gasteiger partial charge in [0, 0.05) is 17.7 Å². The third kappa shape index (κ3) is 5.18. The molecule has 0 bridgehead atoms. The van der Waals surface area contributed by atoms with Gasteiger partial charge in [-0.3, -0.25) is 9.59 Å². The molecule has 25 heavy (non-hydrogen) atoms. The van der Waals surface area contributed by atoms with Gasteiger partial charge in [0.05, 0.1) is 5.69 Å². The lowest BCUT2D eigenvalue weighted by molar-refractivity contribution is -0.116. The van der Waals surface area contributed by atoms with E-state index < -0.39 is 5.97 Å². The number of rotatable bonds is 8. The molecule has 1 amide bonds. The van der Waals surface area contributed by atoms with E-state index in [0.717, 1.165) is 18.0 Å². The highest BCUT2D eigenvalue weighted by molar-refractivity contribution is 7.07. The molecule has 0 aliphatic rings. The average molecular weight is 361 g/mol. The van der Waals surface area contributed by atoms with Crippen LogP contribution in [0.2, 0.25) is 0 Å². The summed E-state index contributed by atoms with van der Waals surface area (Å²) in [6.07, 6.45) is 1.78. The topological polar surface area (TPSA) is 98.2 Å². The van der Waals surface area contributed by atoms with Crippen molar-refractivity contribution < 1.29 is 19.1 Å². The average Bonchev–Trinajstić information content (AvgIpc) is 3.09. The van der Waals surface area contributed by atoms with Crippen LogP contribution in [0.25, 0.3) is 0 Å². The van der Waals surface area contributed by atoms with Gasteiger partial charge in [0.2, 0.25) is 5.91 Å². The number of carbonyl (C=O) groups is 3. The van der Waals surface area contributed by atoms with Crippen LogP contribution < -0.4 is 5.32 Å². The number of aromatic nitrogens is 2. The monoisotopic (exact) mass is 361 g/mol. The predicted molar refractivity (Wildman–Crippen MR) is 93.9 cm³/mol. The lowest BCUT2D eigenvalue weighted by atomic mass is 10.1. The van der Waals surface area contributed by atoms with Crippen molar-refractivity contribution in [1.29, 1.82) is 0 Å². The fourth-order valence-corrected chi connectivity index (χ4v) is 2.71. The van der Waals surface area contributed by atoms with Crippen molar-refractivity contribution in [3.8, 4) is 0 Å². The van der Waals surface area contributed by atoms with Gasteiger partial charge in [0.25, 0.3) is 0 Å². The molecule has 1 aromatic heterocycles. The van der Waals surface area contributed by atoms with Gasteiger partial charge >= 0.3 is 5.97 Å². The first-order valence-corrected chi connectivity index (χ1v) is 8.74. The van der Waals surface area contributed by atoms with Crippen molar-refractivity contribution in [2.45, 2.75) is 33.1 Å². The summed E-state index contributed by atoms with van der Waals surface area (Å²) in [5, 5.41) is 6.58. The quantitative estimate of drug-likeness (QED) is 0.573. The molecule has 1 heterocycles. The van der Waals surface area contributed by atoms with E-state index in [-0.39, 0.29) is 18.3 Å². The maximum atomic E-state index is 12.1. The highest BCUT2D eigenvalue weighted by Crippen LogP contribution is 2.14. The number of carbonyl (C=O) groups excluding carboxylic acids is 3. The number of amides is 1. The Morgan fingerprint density at radius 2 is 1.88 bits per heavy atom. The number of nitrogens with zero attached hydrogens (tertiary/aromatic N) is 2. The molecular formula is C17H19N3O4S. The molecule has 2 rings (SSSR count). The van der Waals surface area contributed by atoms with Crippen molar-refractivity contribution in [1.82, 2.24) is 9.59 Å². The summed E-state index contributed by atoms with van der Waals surface area (Å²) in [4.78, 5) is 35.9. The SMILES string of the molecule is CCCC(=O)Nc1ccc(C(=O)COC(=O)c2snnc2CC)cc1. The molecule has 0 spiro atoms. The van der Waals surface area contributed by atoms with E-state index >= 15 is 0 Å². The van der Waals surface area contributed by atoms with Crippen molar-refractivity contribution in [3.05, 3.63) is 40.4 Å². The number of esters is 1. The van der Waals surface area contributed by atoms with E-state index in [9.17, 15) is 14.4 Å². The second-order valence-electron chi connectivity index (χ2n) is 5.28. The number of anilines is 1. The Labute approximate surface area is 149 Å². The molecule has 0 saturated carbocycles. The van der Waals surface area contributed by atoms with Gasteiger partial charge in [-0.15, -0.1) is 5.10 Å². The summed E-state index contributed by atoms with van der Waals surface area (Å²) >= 11 is 0.954. The Kier molecular flexibility index (Phi) is 6.76. The van der Waals surface area contributed by atoms with Crippen LogP contribution in [0.15, 0.2) is 24.3 Å². The number of hydrogen-bond donors (Lipinski definition) is 1. The van der Waals surface area contributed by atoms with Crippen LogP contribution in [-0.2, 0) is 16.0 Å². The molecule has 1 aromatic carbocycles. The standard InChI is InChI=1S/C17H19N3O4S/c1-3-5-15(22)18-12-8-6-11(7-9-12)14(21)10-24-17(23)16-13(4-2)19-20-25-16/h6-9H,3-5,10H2,1-2H3,(H,18,22). The molecule has 8 heteroatoms. The number of aryl methyl sites for hydroxylation is 1. The van der Waals surface area contributed by atoms with Gasteiger partial charge in [-0.2, -0.15) is 0 Å². The van der Waals surface area contributed by atoms with Crippen molar-refractivity contribution in [2.24, 2.45) is 0 Å². The van der Waals surface area contributed by atoms with Gasteiger partial charge in [0.1, 0.15) is 0 Å². The second kappa shape index (κ2) is 9.03. The van der Waals surface area contributed by atoms with Gasteiger partial charge in [-0.1, -0.05) is 18.3 Å². The first kappa shape index (κ1) is 18.7. The summed E-state index contributed by atoms with van der Waals surface area (Å²) in [6.45, 7) is 3.43. The minimum Gasteiger partial charge on any atom is -0.453 e. The van der Waals surface area contributed by atoms with Crippen LogP contribution in [0.1, 0.15) is 52.4 Å². The van der Waals surface area contributed by atoms with E-state index in [4.69, 9.17) is 4.74 Å². The van der Waals surface area contributed by atoms with Crippen LogP contribution in [0.5, 0.6) is 0 Å². The van der Waals surface area contributed by atoms with Crippen LogP contribution in [0, 0.1) is 0 Å². The van der Waals surface area contributed by atoms with Gasteiger partial charge < -0.3 is 10.1 Å². The number of benzene rings is 1. The van der Waals surface area contributed by atoms with Crippen LogP contribution >= 0.6 is 11.5 Å². The van der Waals surface area contributed by atoms with E-state index in [2.05, 4.69) is 14.9 Å². The molecule has 0 radical (unpaired) electrons. The van der Waals surface area contributed by atoms with E-state index in [1.807, 2.05) is 13.8 Å². The zero-order valence-corrected chi connectivity index (χ0v) is 14.9. The van der Waals surface area contributed by atoms with Crippen LogP contribution in [-0.4, -0.2) is 33.9 Å². The number of nitrogens with one attached hydrogen (secondary N) is 1. The molecular weight excluding hydrogens is 342 g/mol. The Hall–Kier alpha value is -2.61. The van der Waals surface area contributed by atoms with E-state index in [1.165, 1.54) is 0 Å². The van der Waals surface area contributed by atoms with Crippen LogP contribution in [0.4, 0.5) is 5.69 Å². The first-order valence-electron chi connectivity index (χ1n) is 7.96. The zero-order valence-electron chi connectivity index (χ0n) is 14.1. The highest BCUT2D eigenvalue weighted by Gasteiger charge is 2.18. The number of hydrogen-bond acceptors (Lipinski definition) is 7. The molecule has 0 aliphatic carbocycles. The maximum absolute atomic E-state index is 12.1. The molecule has 7 nitrogen and oxygen atoms in total. The van der Waals surface area contributed by atoms with E-state index in [1.54, 1.807) is 24.3 Å². The van der Waals surface area contributed by atoms with E-state index in [0.29, 0.717) is 34.7 Å². The smallest absolute Gasteiger partial charge is 0.352 e. The molecule has 132 valence electrons. The minimum atomic E-state index is -0.594. The van der Waals surface area contributed by atoms with Gasteiger partial charge in [0.15, 0.2) is 17.3 Å². The Bertz CT molecular complexity index is 756. The Morgan fingerprint density at radius 3 is 2.52 bits per heavy atom.